The van der Waals surface area contributed by atoms with E-state index in [1.54, 1.807) is 23.3 Å². The first-order valence-corrected chi connectivity index (χ1v) is 30.9. The zero-order valence-corrected chi connectivity index (χ0v) is 39.1. The number of hydrogen-bond acceptors (Lipinski definition) is 0. The van der Waals surface area contributed by atoms with Gasteiger partial charge in [0.1, 0.15) is 0 Å². The average molecular weight is 831 g/mol. The Morgan fingerprint density at radius 2 is 1.04 bits per heavy atom. The van der Waals surface area contributed by atoms with E-state index in [2.05, 4.69) is 182 Å². The maximum Gasteiger partial charge on any atom is 0.0775 e. The molecular weight excluding hydrogens is 775 g/mol. The number of fused-ring (bicyclic) bond motifs is 2. The van der Waals surface area contributed by atoms with Gasteiger partial charge in [-0.05, 0) is 23.5 Å². The summed E-state index contributed by atoms with van der Waals surface area (Å²) in [6, 6.07) is 41.1. The minimum Gasteiger partial charge on any atom is -1.00 e. The maximum absolute atomic E-state index is 2.41. The summed E-state index contributed by atoms with van der Waals surface area (Å²) in [7, 11) is -2.44. The van der Waals surface area contributed by atoms with Crippen molar-refractivity contribution in [3.05, 3.63) is 120 Å². The van der Waals surface area contributed by atoms with E-state index >= 15 is 0 Å². The van der Waals surface area contributed by atoms with Gasteiger partial charge in [-0.25, -0.2) is 0 Å². The second-order valence-electron chi connectivity index (χ2n) is 15.8. The topological polar surface area (TPSA) is 0 Å². The molecule has 0 saturated heterocycles. The van der Waals surface area contributed by atoms with Crippen molar-refractivity contribution in [1.29, 1.82) is 0 Å². The second-order valence-corrected chi connectivity index (χ2v) is 35.3. The minimum atomic E-state index is -1.23. The van der Waals surface area contributed by atoms with E-state index in [-0.39, 0.29) is 30.2 Å². The third-order valence-electron chi connectivity index (χ3n) is 9.08. The molecule has 0 saturated carbocycles. The summed E-state index contributed by atoms with van der Waals surface area (Å²) in [5.41, 5.74) is 8.40. The van der Waals surface area contributed by atoms with Crippen molar-refractivity contribution in [3.8, 4) is 22.3 Å². The van der Waals surface area contributed by atoms with Gasteiger partial charge < -0.3 is 24.8 Å². The predicted octanol–water partition coefficient (Wildman–Crippen LogP) is 6.55. The average Bonchev–Trinajstić information content (AvgIpc) is 3.63. The predicted molar refractivity (Wildman–Crippen MR) is 221 cm³/mol. The van der Waals surface area contributed by atoms with Gasteiger partial charge in [-0.15, -0.1) is 69.1 Å². The number of halogens is 2. The third-order valence-corrected chi connectivity index (χ3v) is 13.2. The van der Waals surface area contributed by atoms with Crippen LogP contribution in [0.1, 0.15) is 43.7 Å². The maximum atomic E-state index is 2.41. The Morgan fingerprint density at radius 1 is 0.640 bits per heavy atom. The van der Waals surface area contributed by atoms with Crippen LogP contribution in [-0.4, -0.2) is 21.6 Å². The molecule has 0 bridgehead atoms. The fourth-order valence-electron chi connectivity index (χ4n) is 6.33. The molecule has 6 aromatic rings. The van der Waals surface area contributed by atoms with E-state index < -0.39 is 16.1 Å². The number of benzene rings is 4. The molecule has 264 valence electrons. The second kappa shape index (κ2) is 19.3. The summed E-state index contributed by atoms with van der Waals surface area (Å²) in [5.74, 6) is 0.643. The molecule has 1 unspecified atom stereocenters. The molecule has 0 aliphatic carbocycles. The molecule has 0 aromatic heterocycles. The minimum absolute atomic E-state index is 0. The summed E-state index contributed by atoms with van der Waals surface area (Å²) in [6.45, 7) is 25.8. The van der Waals surface area contributed by atoms with E-state index in [0.717, 1.165) is 0 Å². The van der Waals surface area contributed by atoms with Gasteiger partial charge in [0.05, 0.1) is 16.1 Å². The molecule has 6 heteroatoms. The first kappa shape index (κ1) is 44.4. The molecule has 0 N–H and O–H groups in total. The van der Waals surface area contributed by atoms with Crippen LogP contribution in [0, 0.1) is 6.92 Å². The monoisotopic (exact) mass is 828 g/mol. The van der Waals surface area contributed by atoms with Crippen molar-refractivity contribution in [2.45, 2.75) is 91.9 Å². The summed E-state index contributed by atoms with van der Waals surface area (Å²) < 4.78 is 0. The van der Waals surface area contributed by atoms with E-state index in [9.17, 15) is 0 Å². The van der Waals surface area contributed by atoms with Gasteiger partial charge in [0.25, 0.3) is 0 Å². The Labute approximate surface area is 333 Å². The van der Waals surface area contributed by atoms with Gasteiger partial charge in [-0.2, -0.15) is 12.1 Å². The Kier molecular flexibility index (Phi) is 17.2. The van der Waals surface area contributed by atoms with Gasteiger partial charge in [0.15, 0.2) is 0 Å². The van der Waals surface area contributed by atoms with Crippen molar-refractivity contribution >= 4 is 53.5 Å². The summed E-state index contributed by atoms with van der Waals surface area (Å²) in [6.07, 6.45) is 2.50. The molecule has 0 heterocycles. The largest absolute Gasteiger partial charge is 1.00 e. The van der Waals surface area contributed by atoms with Crippen LogP contribution >= 0.6 is 0 Å². The van der Waals surface area contributed by atoms with Crippen LogP contribution in [0.2, 0.25) is 52.4 Å². The number of rotatable bonds is 7. The zero-order chi connectivity index (χ0) is 35.2. The van der Waals surface area contributed by atoms with Crippen LogP contribution in [0.5, 0.6) is 0 Å². The molecule has 1 atom stereocenters. The molecule has 0 aliphatic rings. The van der Waals surface area contributed by atoms with Crippen molar-refractivity contribution in [2.24, 2.45) is 0 Å². The summed E-state index contributed by atoms with van der Waals surface area (Å²) >= 11 is 1.74. The van der Waals surface area contributed by atoms with Crippen LogP contribution < -0.4 is 35.2 Å². The van der Waals surface area contributed by atoms with Crippen molar-refractivity contribution in [3.63, 3.8) is 0 Å². The molecule has 0 amide bonds. The fraction of sp³-hybridized carbons (Fsp3) is 0.318. The van der Waals surface area contributed by atoms with E-state index in [1.165, 1.54) is 78.1 Å². The Hall–Kier alpha value is -1.79. The fourth-order valence-corrected chi connectivity index (χ4v) is 8.66. The van der Waals surface area contributed by atoms with E-state index in [0.29, 0.717) is 5.92 Å². The molecule has 0 radical (unpaired) electrons. The first-order chi connectivity index (χ1) is 22.6. The van der Waals surface area contributed by atoms with Crippen LogP contribution in [0.3, 0.4) is 0 Å². The van der Waals surface area contributed by atoms with Gasteiger partial charge in [-0.3, -0.25) is 0 Å². The molecule has 6 rings (SSSR count). The molecule has 6 aromatic carbocycles. The summed E-state index contributed by atoms with van der Waals surface area (Å²) in [4.78, 5) is 0. The van der Waals surface area contributed by atoms with Gasteiger partial charge in [0, 0.05) is 0 Å². The van der Waals surface area contributed by atoms with E-state index in [1.807, 2.05) is 0 Å². The Bertz CT molecular complexity index is 1950. The smallest absolute Gasteiger partial charge is 0.0775 e. The third kappa shape index (κ3) is 11.9. The van der Waals surface area contributed by atoms with Crippen LogP contribution in [0.25, 0.3) is 43.8 Å². The molecule has 0 spiro atoms. The Balaban J connectivity index is 0.000000306. The normalized spacial score (nSPS) is 11.8. The van der Waals surface area contributed by atoms with Crippen molar-refractivity contribution in [1.82, 2.24) is 0 Å². The SMILES string of the molecule is CCCC(C)c1cc2c(-c3ccc([Si](C)(C)C)cc3)cccc2[cH-]1.C[Si](C)=[Zr+2].Cc1cc2c(-c3ccc([Si](C)(C)C)cc3)cccc2[cH-]1.[Cl-].[Cl-]. The zero-order valence-electron chi connectivity index (χ0n) is 32.1. The van der Waals surface area contributed by atoms with Crippen molar-refractivity contribution < 1.29 is 48.1 Å². The van der Waals surface area contributed by atoms with Gasteiger partial charge >= 0.3 is 41.9 Å². The standard InChI is InChI=1S/C23H29Si.C19H21Si.C2H6Si.2ClH.Zr/c1-6-8-17(2)20-15-19-9-7-10-22(23(19)16-20)18-11-13-21(14-12-18)24(3,4)5;1-14-12-16-6-5-7-18(19(16)13-14)15-8-10-17(11-9-15)20(2,3)4;1-3-2;;;/h7,9-17H,6,8H2,1-5H3;5-13H,1-4H3;1-2H3;2*1H;/q2*-1;;;;+2/p-2. The number of hydrogen-bond donors (Lipinski definition) is 0. The number of aryl methyl sites for hydroxylation is 1. The molecule has 0 fully saturated rings. The quantitative estimate of drug-likeness (QED) is 0.127. The first-order valence-electron chi connectivity index (χ1n) is 17.7. The summed E-state index contributed by atoms with van der Waals surface area (Å²) in [5, 5.41) is 8.53. The van der Waals surface area contributed by atoms with E-state index in [4.69, 9.17) is 0 Å². The molecule has 50 heavy (non-hydrogen) atoms. The Morgan fingerprint density at radius 3 is 1.44 bits per heavy atom. The molecular formula is C44H56Cl2Si3Zr-2. The van der Waals surface area contributed by atoms with Crippen LogP contribution in [-0.2, 0) is 23.3 Å². The van der Waals surface area contributed by atoms with Crippen LogP contribution in [0.15, 0.2) is 109 Å². The molecule has 0 aliphatic heterocycles. The van der Waals surface area contributed by atoms with Gasteiger partial charge in [-0.1, -0.05) is 149 Å². The van der Waals surface area contributed by atoms with Crippen LogP contribution in [0.4, 0.5) is 0 Å². The molecule has 0 nitrogen and oxygen atoms in total. The van der Waals surface area contributed by atoms with Crippen molar-refractivity contribution in [2.75, 3.05) is 0 Å². The van der Waals surface area contributed by atoms with Gasteiger partial charge in [0.2, 0.25) is 0 Å².